The predicted octanol–water partition coefficient (Wildman–Crippen LogP) is 6.54. The monoisotopic (exact) mass is 405 g/mol. The third kappa shape index (κ3) is 7.97. The third-order valence-corrected chi connectivity index (χ3v) is 5.54. The maximum Gasteiger partial charge on any atom is 0.161 e. The number of hydrogen-bond acceptors (Lipinski definition) is 3. The Morgan fingerprint density at radius 3 is 2.54 bits per heavy atom. The van der Waals surface area contributed by atoms with Crippen molar-refractivity contribution in [2.75, 3.05) is 26.2 Å². The van der Waals surface area contributed by atoms with Crippen LogP contribution in [0.5, 0.6) is 5.75 Å². The zero-order valence-corrected chi connectivity index (χ0v) is 18.4. The van der Waals surface area contributed by atoms with Crippen molar-refractivity contribution in [1.29, 1.82) is 0 Å². The molecule has 4 heteroatoms. The maximum absolute atomic E-state index is 12.2. The van der Waals surface area contributed by atoms with Crippen LogP contribution in [0.4, 0.5) is 0 Å². The molecule has 0 radical (unpaired) electrons. The van der Waals surface area contributed by atoms with Gasteiger partial charge in [0.1, 0.15) is 5.75 Å². The molecule has 2 rings (SSSR count). The minimum absolute atomic E-state index is 0.253. The van der Waals surface area contributed by atoms with Crippen LogP contribution in [-0.2, 0) is 4.79 Å². The number of benzene rings is 1. The summed E-state index contributed by atoms with van der Waals surface area (Å²) in [5.74, 6) is 0.986. The lowest BCUT2D eigenvalue weighted by Crippen LogP contribution is -2.36. The molecule has 1 aromatic carbocycles. The van der Waals surface area contributed by atoms with Gasteiger partial charge in [0.05, 0.1) is 11.6 Å². The molecule has 0 atom stereocenters. The van der Waals surface area contributed by atoms with Crippen molar-refractivity contribution in [3.63, 3.8) is 0 Å². The van der Waals surface area contributed by atoms with Gasteiger partial charge < -0.3 is 4.74 Å². The second kappa shape index (κ2) is 13.0. The summed E-state index contributed by atoms with van der Waals surface area (Å²) >= 11 is 6.41. The normalized spacial score (nSPS) is 16.7. The van der Waals surface area contributed by atoms with Crippen molar-refractivity contribution in [2.24, 2.45) is 0 Å². The minimum Gasteiger partial charge on any atom is -0.492 e. The van der Waals surface area contributed by atoms with Crippen molar-refractivity contribution in [2.45, 2.75) is 71.6 Å². The van der Waals surface area contributed by atoms with E-state index in [0.29, 0.717) is 18.1 Å². The molecule has 3 nitrogen and oxygen atoms in total. The van der Waals surface area contributed by atoms with E-state index in [0.717, 1.165) is 49.4 Å². The molecule has 0 bridgehead atoms. The van der Waals surface area contributed by atoms with Crippen molar-refractivity contribution >= 4 is 23.5 Å². The summed E-state index contributed by atoms with van der Waals surface area (Å²) in [7, 11) is 0. The molecule has 156 valence electrons. The maximum atomic E-state index is 12.2. The highest BCUT2D eigenvalue weighted by atomic mass is 35.5. The van der Waals surface area contributed by atoms with Crippen molar-refractivity contribution in [3.8, 4) is 5.75 Å². The number of carbonyl (C=O) groups is 1. The van der Waals surface area contributed by atoms with Gasteiger partial charge in [-0.1, -0.05) is 70.0 Å². The lowest BCUT2D eigenvalue weighted by atomic mass is 10.00. The molecule has 0 saturated carbocycles. The van der Waals surface area contributed by atoms with E-state index < -0.39 is 0 Å². The van der Waals surface area contributed by atoms with Crippen molar-refractivity contribution in [3.05, 3.63) is 34.4 Å². The first-order valence-corrected chi connectivity index (χ1v) is 11.4. The SMILES string of the molecule is CCCCCCCCCOc1ccc(/C=C2\CN(CCC)CCC2=O)cc1Cl. The average molecular weight is 406 g/mol. The Morgan fingerprint density at radius 1 is 1.07 bits per heavy atom. The molecule has 0 aromatic heterocycles. The molecule has 0 amide bonds. The minimum atomic E-state index is 0.253. The van der Waals surface area contributed by atoms with E-state index in [1.807, 2.05) is 24.3 Å². The molecule has 1 aliphatic heterocycles. The van der Waals surface area contributed by atoms with Crippen LogP contribution in [0, 0.1) is 0 Å². The first-order chi connectivity index (χ1) is 13.6. The fraction of sp³-hybridized carbons (Fsp3) is 0.625. The molecule has 1 fully saturated rings. The zero-order valence-electron chi connectivity index (χ0n) is 17.6. The van der Waals surface area contributed by atoms with Crippen molar-refractivity contribution < 1.29 is 9.53 Å². The number of carbonyl (C=O) groups excluding carboxylic acids is 1. The van der Waals surface area contributed by atoms with Crippen LogP contribution in [0.3, 0.4) is 0 Å². The number of piperidine rings is 1. The highest BCUT2D eigenvalue weighted by Crippen LogP contribution is 2.27. The molecule has 0 unspecified atom stereocenters. The highest BCUT2D eigenvalue weighted by molar-refractivity contribution is 6.32. The summed E-state index contributed by atoms with van der Waals surface area (Å²) in [5.41, 5.74) is 1.85. The molecular weight excluding hydrogens is 370 g/mol. The van der Waals surface area contributed by atoms with E-state index in [9.17, 15) is 4.79 Å². The molecule has 1 saturated heterocycles. The molecule has 0 spiro atoms. The molecule has 1 aromatic rings. The number of likely N-dealkylation sites (tertiary alicyclic amines) is 1. The van der Waals surface area contributed by atoms with Gasteiger partial charge in [0, 0.05) is 25.1 Å². The Morgan fingerprint density at radius 2 is 1.82 bits per heavy atom. The van der Waals surface area contributed by atoms with E-state index in [1.165, 1.54) is 38.5 Å². The van der Waals surface area contributed by atoms with Crippen LogP contribution < -0.4 is 4.74 Å². The molecule has 1 heterocycles. The van der Waals surface area contributed by atoms with Gasteiger partial charge in [0.25, 0.3) is 0 Å². The Labute approximate surface area is 176 Å². The topological polar surface area (TPSA) is 29.5 Å². The Kier molecular flexibility index (Phi) is 10.7. The van der Waals surface area contributed by atoms with Gasteiger partial charge in [-0.05, 0) is 43.2 Å². The second-order valence-corrected chi connectivity index (χ2v) is 8.19. The molecule has 28 heavy (non-hydrogen) atoms. The van der Waals surface area contributed by atoms with E-state index in [2.05, 4.69) is 18.7 Å². The number of Topliss-reactive ketones (excluding diaryl/α,β-unsaturated/α-hetero) is 1. The van der Waals surface area contributed by atoms with Gasteiger partial charge in [-0.3, -0.25) is 9.69 Å². The van der Waals surface area contributed by atoms with Gasteiger partial charge in [0.15, 0.2) is 5.78 Å². The van der Waals surface area contributed by atoms with Gasteiger partial charge in [-0.2, -0.15) is 0 Å². The van der Waals surface area contributed by atoms with Crippen LogP contribution >= 0.6 is 11.6 Å². The number of halogens is 1. The van der Waals surface area contributed by atoms with Gasteiger partial charge in [-0.15, -0.1) is 0 Å². The van der Waals surface area contributed by atoms with Crippen LogP contribution in [0.2, 0.25) is 5.02 Å². The third-order valence-electron chi connectivity index (χ3n) is 5.25. The number of rotatable bonds is 12. The van der Waals surface area contributed by atoms with E-state index in [1.54, 1.807) is 0 Å². The van der Waals surface area contributed by atoms with Crippen LogP contribution in [0.1, 0.15) is 77.2 Å². The Balaban J connectivity index is 1.82. The fourth-order valence-corrected chi connectivity index (χ4v) is 3.87. The number of unbranched alkanes of at least 4 members (excludes halogenated alkanes) is 6. The van der Waals surface area contributed by atoms with Gasteiger partial charge >= 0.3 is 0 Å². The number of ether oxygens (including phenoxy) is 1. The first kappa shape index (κ1) is 23.0. The number of nitrogens with zero attached hydrogens (tertiary/aromatic N) is 1. The summed E-state index contributed by atoms with van der Waals surface area (Å²) in [5, 5.41) is 0.617. The summed E-state index contributed by atoms with van der Waals surface area (Å²) in [6, 6.07) is 5.82. The Hall–Kier alpha value is -1.32. The molecule has 0 N–H and O–H groups in total. The van der Waals surface area contributed by atoms with E-state index >= 15 is 0 Å². The molecule has 1 aliphatic rings. The summed E-state index contributed by atoms with van der Waals surface area (Å²) < 4.78 is 5.85. The molecule has 0 aliphatic carbocycles. The fourth-order valence-electron chi connectivity index (χ4n) is 3.63. The quantitative estimate of drug-likeness (QED) is 0.292. The number of hydrogen-bond donors (Lipinski definition) is 0. The highest BCUT2D eigenvalue weighted by Gasteiger charge is 2.20. The summed E-state index contributed by atoms with van der Waals surface area (Å²) in [6.45, 7) is 7.77. The largest absolute Gasteiger partial charge is 0.492 e. The second-order valence-electron chi connectivity index (χ2n) is 7.78. The van der Waals surface area contributed by atoms with Crippen LogP contribution in [-0.4, -0.2) is 36.9 Å². The first-order valence-electron chi connectivity index (χ1n) is 11.0. The van der Waals surface area contributed by atoms with Crippen LogP contribution in [0.15, 0.2) is 23.8 Å². The van der Waals surface area contributed by atoms with Crippen LogP contribution in [0.25, 0.3) is 6.08 Å². The summed E-state index contributed by atoms with van der Waals surface area (Å²) in [6.07, 6.45) is 12.6. The standard InChI is InChI=1S/C24H36ClNO2/c1-3-5-6-7-8-9-10-16-28-24-12-11-20(18-22(24)25)17-21-19-26(14-4-2)15-13-23(21)27/h11-12,17-18H,3-10,13-16,19H2,1-2H3/b21-17+. The lowest BCUT2D eigenvalue weighted by Gasteiger charge is -2.27. The predicted molar refractivity (Wildman–Crippen MR) is 119 cm³/mol. The average Bonchev–Trinajstić information content (AvgIpc) is 2.68. The van der Waals surface area contributed by atoms with Crippen molar-refractivity contribution in [1.82, 2.24) is 4.90 Å². The molecular formula is C24H36ClNO2. The van der Waals surface area contributed by atoms with Gasteiger partial charge in [-0.25, -0.2) is 0 Å². The number of ketones is 1. The van der Waals surface area contributed by atoms with Gasteiger partial charge in [0.2, 0.25) is 0 Å². The van der Waals surface area contributed by atoms with E-state index in [-0.39, 0.29) is 5.78 Å². The Bertz CT molecular complexity index is 641. The summed E-state index contributed by atoms with van der Waals surface area (Å²) in [4.78, 5) is 14.6. The van der Waals surface area contributed by atoms with E-state index in [4.69, 9.17) is 16.3 Å². The smallest absolute Gasteiger partial charge is 0.161 e. The lowest BCUT2D eigenvalue weighted by molar-refractivity contribution is -0.117. The zero-order chi connectivity index (χ0) is 20.2.